The zero-order chi connectivity index (χ0) is 17.6. The Bertz CT molecular complexity index is 835. The van der Waals surface area contributed by atoms with Crippen molar-refractivity contribution in [3.05, 3.63) is 66.2 Å². The van der Waals surface area contributed by atoms with Crippen molar-refractivity contribution in [1.82, 2.24) is 19.7 Å². The first kappa shape index (κ1) is 17.2. The molecule has 0 spiro atoms. The maximum atomic E-state index is 12.3. The molecule has 1 amide bonds. The summed E-state index contributed by atoms with van der Waals surface area (Å²) in [4.78, 5) is 16.3. The SMILES string of the molecule is CC(Sc1nnc(Cc2ccccc2)n1C)C(=O)Nc1cccnc1. The number of hydrogen-bond acceptors (Lipinski definition) is 5. The normalized spacial score (nSPS) is 11.9. The van der Waals surface area contributed by atoms with Crippen molar-refractivity contribution >= 4 is 23.4 Å². The van der Waals surface area contributed by atoms with Gasteiger partial charge in [-0.05, 0) is 24.6 Å². The van der Waals surface area contributed by atoms with E-state index < -0.39 is 0 Å². The second-order valence-corrected chi connectivity index (χ2v) is 6.92. The van der Waals surface area contributed by atoms with Crippen molar-refractivity contribution < 1.29 is 4.79 Å². The Labute approximate surface area is 150 Å². The highest BCUT2D eigenvalue weighted by Gasteiger charge is 2.19. The molecular weight excluding hydrogens is 334 g/mol. The summed E-state index contributed by atoms with van der Waals surface area (Å²) in [5, 5.41) is 11.8. The van der Waals surface area contributed by atoms with Gasteiger partial charge in [0.25, 0.3) is 0 Å². The smallest absolute Gasteiger partial charge is 0.237 e. The first-order valence-corrected chi connectivity index (χ1v) is 8.81. The molecule has 0 aliphatic rings. The summed E-state index contributed by atoms with van der Waals surface area (Å²) >= 11 is 1.39. The molecule has 0 aliphatic heterocycles. The van der Waals surface area contributed by atoms with E-state index >= 15 is 0 Å². The molecule has 25 heavy (non-hydrogen) atoms. The van der Waals surface area contributed by atoms with E-state index in [4.69, 9.17) is 0 Å². The lowest BCUT2D eigenvalue weighted by Gasteiger charge is -2.11. The van der Waals surface area contributed by atoms with Gasteiger partial charge < -0.3 is 9.88 Å². The van der Waals surface area contributed by atoms with E-state index in [0.717, 1.165) is 11.0 Å². The van der Waals surface area contributed by atoms with E-state index in [0.29, 0.717) is 12.1 Å². The Morgan fingerprint density at radius 2 is 2.00 bits per heavy atom. The number of amides is 1. The van der Waals surface area contributed by atoms with E-state index in [1.165, 1.54) is 17.3 Å². The van der Waals surface area contributed by atoms with Crippen LogP contribution < -0.4 is 5.32 Å². The molecule has 0 saturated carbocycles. The van der Waals surface area contributed by atoms with Crippen LogP contribution in [0.3, 0.4) is 0 Å². The van der Waals surface area contributed by atoms with Crippen LogP contribution in [0, 0.1) is 0 Å². The lowest BCUT2D eigenvalue weighted by molar-refractivity contribution is -0.115. The van der Waals surface area contributed by atoms with Crippen molar-refractivity contribution in [3.8, 4) is 0 Å². The second-order valence-electron chi connectivity index (χ2n) is 5.61. The third-order valence-electron chi connectivity index (χ3n) is 3.71. The Hall–Kier alpha value is -2.67. The molecule has 1 atom stereocenters. The number of aromatic nitrogens is 4. The zero-order valence-electron chi connectivity index (χ0n) is 14.1. The van der Waals surface area contributed by atoms with Crippen LogP contribution >= 0.6 is 11.8 Å². The van der Waals surface area contributed by atoms with Gasteiger partial charge >= 0.3 is 0 Å². The fraction of sp³-hybridized carbons (Fsp3) is 0.222. The molecule has 3 rings (SSSR count). The molecule has 128 valence electrons. The number of pyridine rings is 1. The lowest BCUT2D eigenvalue weighted by Crippen LogP contribution is -2.22. The van der Waals surface area contributed by atoms with Gasteiger partial charge in [-0.15, -0.1) is 10.2 Å². The average molecular weight is 353 g/mol. The van der Waals surface area contributed by atoms with Crippen LogP contribution in [0.4, 0.5) is 5.69 Å². The minimum absolute atomic E-state index is 0.0920. The van der Waals surface area contributed by atoms with Crippen molar-refractivity contribution in [2.24, 2.45) is 7.05 Å². The third kappa shape index (κ3) is 4.45. The molecular formula is C18H19N5OS. The lowest BCUT2D eigenvalue weighted by atomic mass is 10.1. The summed E-state index contributed by atoms with van der Waals surface area (Å²) in [5.41, 5.74) is 1.86. The number of anilines is 1. The fourth-order valence-electron chi connectivity index (χ4n) is 2.27. The summed E-state index contributed by atoms with van der Waals surface area (Å²) in [6.45, 7) is 1.85. The number of carbonyl (C=O) groups is 1. The van der Waals surface area contributed by atoms with Crippen LogP contribution in [0.5, 0.6) is 0 Å². The first-order valence-electron chi connectivity index (χ1n) is 7.93. The van der Waals surface area contributed by atoms with Gasteiger partial charge in [-0.3, -0.25) is 9.78 Å². The molecule has 1 N–H and O–H groups in total. The molecule has 3 aromatic rings. The van der Waals surface area contributed by atoms with E-state index in [2.05, 4.69) is 32.6 Å². The summed E-state index contributed by atoms with van der Waals surface area (Å²) in [6, 6.07) is 13.7. The molecule has 2 heterocycles. The van der Waals surface area contributed by atoms with Crippen molar-refractivity contribution in [2.75, 3.05) is 5.32 Å². The Morgan fingerprint density at radius 1 is 1.20 bits per heavy atom. The summed E-state index contributed by atoms with van der Waals surface area (Å²) < 4.78 is 1.94. The average Bonchev–Trinajstić information content (AvgIpc) is 2.97. The first-order chi connectivity index (χ1) is 12.1. The van der Waals surface area contributed by atoms with Crippen LogP contribution in [-0.4, -0.2) is 30.9 Å². The van der Waals surface area contributed by atoms with Gasteiger partial charge in [-0.25, -0.2) is 0 Å². The van der Waals surface area contributed by atoms with Gasteiger partial charge in [0.05, 0.1) is 17.1 Å². The minimum Gasteiger partial charge on any atom is -0.324 e. The highest BCUT2D eigenvalue weighted by Crippen LogP contribution is 2.23. The van der Waals surface area contributed by atoms with E-state index in [9.17, 15) is 4.79 Å². The van der Waals surface area contributed by atoms with Gasteiger partial charge in [0.15, 0.2) is 5.16 Å². The van der Waals surface area contributed by atoms with Gasteiger partial charge in [-0.1, -0.05) is 42.1 Å². The van der Waals surface area contributed by atoms with Gasteiger partial charge in [-0.2, -0.15) is 0 Å². The number of nitrogens with zero attached hydrogens (tertiary/aromatic N) is 4. The van der Waals surface area contributed by atoms with Crippen LogP contribution in [-0.2, 0) is 18.3 Å². The molecule has 0 fully saturated rings. The molecule has 0 aliphatic carbocycles. The number of hydrogen-bond donors (Lipinski definition) is 1. The number of nitrogens with one attached hydrogen (secondary N) is 1. The van der Waals surface area contributed by atoms with E-state index in [-0.39, 0.29) is 11.2 Å². The number of thioether (sulfide) groups is 1. The largest absolute Gasteiger partial charge is 0.324 e. The van der Waals surface area contributed by atoms with Gasteiger partial charge in [0, 0.05) is 19.7 Å². The van der Waals surface area contributed by atoms with Crippen molar-refractivity contribution in [2.45, 2.75) is 23.8 Å². The summed E-state index contributed by atoms with van der Waals surface area (Å²) in [7, 11) is 1.92. The molecule has 0 radical (unpaired) electrons. The van der Waals surface area contributed by atoms with E-state index in [1.54, 1.807) is 18.5 Å². The fourth-order valence-corrected chi connectivity index (χ4v) is 3.11. The minimum atomic E-state index is -0.298. The van der Waals surface area contributed by atoms with Crippen LogP contribution in [0.2, 0.25) is 0 Å². The predicted octanol–water partition coefficient (Wildman–Crippen LogP) is 2.92. The van der Waals surface area contributed by atoms with Crippen LogP contribution in [0.15, 0.2) is 60.0 Å². The topological polar surface area (TPSA) is 72.7 Å². The third-order valence-corrected chi connectivity index (χ3v) is 4.84. The van der Waals surface area contributed by atoms with Crippen LogP contribution in [0.1, 0.15) is 18.3 Å². The molecule has 6 nitrogen and oxygen atoms in total. The number of rotatable bonds is 6. The maximum Gasteiger partial charge on any atom is 0.237 e. The van der Waals surface area contributed by atoms with E-state index in [1.807, 2.05) is 42.8 Å². The molecule has 0 bridgehead atoms. The quantitative estimate of drug-likeness (QED) is 0.690. The number of carbonyl (C=O) groups excluding carboxylic acids is 1. The Morgan fingerprint density at radius 3 is 2.72 bits per heavy atom. The van der Waals surface area contributed by atoms with Crippen molar-refractivity contribution in [3.63, 3.8) is 0 Å². The standard InChI is InChI=1S/C18H19N5OS/c1-13(17(24)20-15-9-6-10-19-12-15)25-18-22-21-16(23(18)2)11-14-7-4-3-5-8-14/h3-10,12-13H,11H2,1-2H3,(H,20,24). The van der Waals surface area contributed by atoms with Gasteiger partial charge in [0.1, 0.15) is 5.82 Å². The highest BCUT2D eigenvalue weighted by molar-refractivity contribution is 8.00. The second kappa shape index (κ2) is 7.94. The van der Waals surface area contributed by atoms with Crippen molar-refractivity contribution in [1.29, 1.82) is 0 Å². The molecule has 2 aromatic heterocycles. The zero-order valence-corrected chi connectivity index (χ0v) is 14.9. The molecule has 7 heteroatoms. The molecule has 1 aromatic carbocycles. The summed E-state index contributed by atoms with van der Waals surface area (Å²) in [6.07, 6.45) is 4.00. The predicted molar refractivity (Wildman–Crippen MR) is 98.4 cm³/mol. The maximum absolute atomic E-state index is 12.3. The van der Waals surface area contributed by atoms with Gasteiger partial charge in [0.2, 0.25) is 5.91 Å². The molecule has 0 saturated heterocycles. The Balaban J connectivity index is 1.63. The van der Waals surface area contributed by atoms with Crippen LogP contribution in [0.25, 0.3) is 0 Å². The highest BCUT2D eigenvalue weighted by atomic mass is 32.2. The molecule has 1 unspecified atom stereocenters. The Kier molecular flexibility index (Phi) is 5.45. The summed E-state index contributed by atoms with van der Waals surface area (Å²) in [5.74, 6) is 0.777. The monoisotopic (exact) mass is 353 g/mol. The number of benzene rings is 1.